The average Bonchev–Trinajstić information content (AvgIpc) is 3.34. The lowest BCUT2D eigenvalue weighted by Gasteiger charge is -2.35. The van der Waals surface area contributed by atoms with Gasteiger partial charge in [-0.05, 0) is 67.9 Å². The molecule has 3 aromatic rings. The molecule has 0 fully saturated rings. The van der Waals surface area contributed by atoms with Gasteiger partial charge in [-0.2, -0.15) is 4.31 Å². The third-order valence-electron chi connectivity index (χ3n) is 7.52. The second kappa shape index (κ2) is 10.9. The summed E-state index contributed by atoms with van der Waals surface area (Å²) in [5, 5.41) is 3.36. The van der Waals surface area contributed by atoms with Crippen LogP contribution in [0, 0.1) is 0 Å². The van der Waals surface area contributed by atoms with Crippen molar-refractivity contribution < 1.29 is 32.2 Å². The van der Waals surface area contributed by atoms with E-state index in [9.17, 15) is 18.0 Å². The van der Waals surface area contributed by atoms with E-state index in [1.54, 1.807) is 13.0 Å². The number of rotatable bonds is 6. The second-order valence-corrected chi connectivity index (χ2v) is 13.0. The fraction of sp³-hybridized carbons (Fsp3) is 0.379. The van der Waals surface area contributed by atoms with E-state index in [-0.39, 0.29) is 24.5 Å². The molecule has 40 heavy (non-hydrogen) atoms. The molecule has 3 heterocycles. The normalized spacial score (nSPS) is 18.4. The van der Waals surface area contributed by atoms with Crippen LogP contribution in [-0.2, 0) is 45.4 Å². The maximum atomic E-state index is 14.0. The summed E-state index contributed by atoms with van der Waals surface area (Å²) in [5.41, 5.74) is 3.07. The molecule has 6 rings (SSSR count). The molecule has 0 saturated carbocycles. The number of ether oxygens (including phenoxy) is 3. The summed E-state index contributed by atoms with van der Waals surface area (Å²) in [6.45, 7) is 2.72. The van der Waals surface area contributed by atoms with Crippen molar-refractivity contribution >= 4 is 38.2 Å². The van der Waals surface area contributed by atoms with Crippen molar-refractivity contribution in [1.82, 2.24) is 4.31 Å². The molecule has 2 aliphatic heterocycles. The Morgan fingerprint density at radius 2 is 1.80 bits per heavy atom. The Morgan fingerprint density at radius 1 is 1.05 bits per heavy atom. The molecule has 210 valence electrons. The summed E-state index contributed by atoms with van der Waals surface area (Å²) in [6.07, 6.45) is 3.77. The predicted molar refractivity (Wildman–Crippen MR) is 150 cm³/mol. The number of aryl methyl sites for hydroxylation is 1. The van der Waals surface area contributed by atoms with E-state index in [2.05, 4.69) is 5.32 Å². The van der Waals surface area contributed by atoms with Gasteiger partial charge in [0.1, 0.15) is 24.3 Å². The van der Waals surface area contributed by atoms with Crippen LogP contribution < -0.4 is 14.8 Å². The summed E-state index contributed by atoms with van der Waals surface area (Å²) in [4.78, 5) is 28.0. The summed E-state index contributed by atoms with van der Waals surface area (Å²) in [6, 6.07) is 11.0. The number of hydrogen-bond acceptors (Lipinski definition) is 8. The molecular weight excluding hydrogens is 552 g/mol. The minimum Gasteiger partial charge on any atom is -0.486 e. The smallest absolute Gasteiger partial charge is 0.341 e. The molecule has 0 radical (unpaired) electrons. The van der Waals surface area contributed by atoms with Crippen LogP contribution >= 0.6 is 11.3 Å². The Hall–Kier alpha value is -3.41. The Kier molecular flexibility index (Phi) is 7.28. The number of fused-ring (bicyclic) bond motifs is 3. The maximum absolute atomic E-state index is 14.0. The summed E-state index contributed by atoms with van der Waals surface area (Å²) in [7, 11) is -4.11. The van der Waals surface area contributed by atoms with Gasteiger partial charge in [-0.1, -0.05) is 24.3 Å². The standard InChI is InChI=1S/C29H30N2O7S2/c1-2-36-29(33)26-21-9-5-6-10-25(21)39-28(26)30-27(32)22-15-18-7-3-4-8-19(18)17-31(22)40(34,35)20-11-12-23-24(16-20)38-14-13-37-23/h3-4,7-8,11-12,16,22H,2,5-6,9-10,13-15,17H2,1H3,(H,30,32)/t22-/m1/s1. The van der Waals surface area contributed by atoms with Crippen molar-refractivity contribution in [2.24, 2.45) is 0 Å². The first-order chi connectivity index (χ1) is 19.4. The minimum absolute atomic E-state index is 0.0210. The summed E-state index contributed by atoms with van der Waals surface area (Å²) >= 11 is 1.38. The quantitative estimate of drug-likeness (QED) is 0.431. The number of esters is 1. The monoisotopic (exact) mass is 582 g/mol. The number of nitrogens with one attached hydrogen (secondary N) is 1. The van der Waals surface area contributed by atoms with Crippen molar-refractivity contribution in [3.63, 3.8) is 0 Å². The van der Waals surface area contributed by atoms with Crippen molar-refractivity contribution in [1.29, 1.82) is 0 Å². The van der Waals surface area contributed by atoms with Crippen LogP contribution in [0.15, 0.2) is 47.4 Å². The summed E-state index contributed by atoms with van der Waals surface area (Å²) < 4.78 is 45.9. The van der Waals surface area contributed by atoms with Gasteiger partial charge in [0.25, 0.3) is 0 Å². The maximum Gasteiger partial charge on any atom is 0.341 e. The first-order valence-electron chi connectivity index (χ1n) is 13.5. The highest BCUT2D eigenvalue weighted by Crippen LogP contribution is 2.40. The highest BCUT2D eigenvalue weighted by atomic mass is 32.2. The number of anilines is 1. The molecule has 3 aliphatic rings. The lowest BCUT2D eigenvalue weighted by atomic mass is 9.94. The fourth-order valence-electron chi connectivity index (χ4n) is 5.56. The number of nitrogens with zero attached hydrogens (tertiary/aromatic N) is 1. The summed E-state index contributed by atoms with van der Waals surface area (Å²) in [5.74, 6) is -0.114. The molecule has 0 spiro atoms. The van der Waals surface area contributed by atoms with E-state index in [4.69, 9.17) is 14.2 Å². The molecule has 1 N–H and O–H groups in total. The van der Waals surface area contributed by atoms with Gasteiger partial charge in [0, 0.05) is 17.5 Å². The first-order valence-corrected chi connectivity index (χ1v) is 15.7. The Labute approximate surface area is 237 Å². The van der Waals surface area contributed by atoms with E-state index in [1.165, 1.54) is 27.8 Å². The van der Waals surface area contributed by atoms with Gasteiger partial charge in [0.2, 0.25) is 15.9 Å². The minimum atomic E-state index is -4.11. The topological polar surface area (TPSA) is 111 Å². The zero-order chi connectivity index (χ0) is 27.9. The van der Waals surface area contributed by atoms with Crippen LogP contribution in [0.3, 0.4) is 0 Å². The van der Waals surface area contributed by atoms with Crippen LogP contribution in [0.4, 0.5) is 5.00 Å². The van der Waals surface area contributed by atoms with E-state index in [0.29, 0.717) is 35.3 Å². The van der Waals surface area contributed by atoms with Gasteiger partial charge < -0.3 is 19.5 Å². The van der Waals surface area contributed by atoms with Crippen molar-refractivity contribution in [3.8, 4) is 11.5 Å². The largest absolute Gasteiger partial charge is 0.486 e. The van der Waals surface area contributed by atoms with Gasteiger partial charge >= 0.3 is 5.97 Å². The number of sulfonamides is 1. The molecule has 1 aliphatic carbocycles. The third kappa shape index (κ3) is 4.86. The Balaban J connectivity index is 1.36. The van der Waals surface area contributed by atoms with Gasteiger partial charge in [-0.25, -0.2) is 13.2 Å². The molecule has 1 atom stereocenters. The zero-order valence-corrected chi connectivity index (χ0v) is 23.7. The number of carbonyl (C=O) groups is 2. The van der Waals surface area contributed by atoms with Crippen molar-refractivity contribution in [2.75, 3.05) is 25.1 Å². The van der Waals surface area contributed by atoms with Crippen LogP contribution in [0.25, 0.3) is 0 Å². The van der Waals surface area contributed by atoms with E-state index < -0.39 is 27.9 Å². The number of carbonyl (C=O) groups excluding carboxylic acids is 2. The fourth-order valence-corrected chi connectivity index (χ4v) is 8.42. The van der Waals surface area contributed by atoms with Gasteiger partial charge in [0.05, 0.1) is 17.1 Å². The van der Waals surface area contributed by atoms with E-state index in [0.717, 1.165) is 47.3 Å². The van der Waals surface area contributed by atoms with Crippen LogP contribution in [0.1, 0.15) is 51.7 Å². The molecule has 1 aromatic heterocycles. The van der Waals surface area contributed by atoms with Gasteiger partial charge in [0.15, 0.2) is 11.5 Å². The molecule has 0 bridgehead atoms. The Bertz CT molecular complexity index is 1580. The highest BCUT2D eigenvalue weighted by Gasteiger charge is 2.41. The molecule has 9 nitrogen and oxygen atoms in total. The number of benzene rings is 2. The number of amides is 1. The second-order valence-electron chi connectivity index (χ2n) is 9.97. The Morgan fingerprint density at radius 3 is 2.60 bits per heavy atom. The molecule has 1 amide bonds. The molecule has 0 unspecified atom stereocenters. The number of thiophene rings is 1. The molecule has 0 saturated heterocycles. The third-order valence-corrected chi connectivity index (χ3v) is 10.6. The zero-order valence-electron chi connectivity index (χ0n) is 22.1. The first kappa shape index (κ1) is 26.8. The average molecular weight is 583 g/mol. The van der Waals surface area contributed by atoms with E-state index >= 15 is 0 Å². The molecular formula is C29H30N2O7S2. The van der Waals surface area contributed by atoms with Crippen molar-refractivity contribution in [3.05, 3.63) is 69.6 Å². The number of hydrogen-bond donors (Lipinski definition) is 1. The SMILES string of the molecule is CCOC(=O)c1c(NC(=O)[C@H]2Cc3ccccc3CN2S(=O)(=O)c2ccc3c(c2)OCCO3)sc2c1CCCC2. The van der Waals surface area contributed by atoms with E-state index in [1.807, 2.05) is 24.3 Å². The lowest BCUT2D eigenvalue weighted by Crippen LogP contribution is -2.50. The van der Waals surface area contributed by atoms with Crippen LogP contribution in [0.2, 0.25) is 0 Å². The van der Waals surface area contributed by atoms with Gasteiger partial charge in [-0.3, -0.25) is 4.79 Å². The highest BCUT2D eigenvalue weighted by molar-refractivity contribution is 7.89. The van der Waals surface area contributed by atoms with Gasteiger partial charge in [-0.15, -0.1) is 11.3 Å². The molecule has 2 aromatic carbocycles. The lowest BCUT2D eigenvalue weighted by molar-refractivity contribution is -0.120. The van der Waals surface area contributed by atoms with Crippen LogP contribution in [-0.4, -0.2) is 50.5 Å². The predicted octanol–water partition coefficient (Wildman–Crippen LogP) is 4.33. The van der Waals surface area contributed by atoms with Crippen molar-refractivity contribution in [2.45, 2.75) is 56.5 Å². The molecule has 11 heteroatoms. The van der Waals surface area contributed by atoms with Crippen LogP contribution in [0.5, 0.6) is 11.5 Å².